The Bertz CT molecular complexity index is 522. The second-order valence-electron chi connectivity index (χ2n) is 4.73. The molecule has 0 amide bonds. The third-order valence-corrected chi connectivity index (χ3v) is 3.00. The van der Waals surface area contributed by atoms with Crippen molar-refractivity contribution in [3.05, 3.63) is 42.2 Å². The van der Waals surface area contributed by atoms with E-state index in [1.54, 1.807) is 6.33 Å². The Morgan fingerprint density at radius 1 is 1.11 bits per heavy atom. The lowest BCUT2D eigenvalue weighted by atomic mass is 10.2. The van der Waals surface area contributed by atoms with Gasteiger partial charge in [0.15, 0.2) is 0 Å². The minimum atomic E-state index is 0.405. The first-order chi connectivity index (χ1) is 9.17. The van der Waals surface area contributed by atoms with Crippen LogP contribution >= 0.6 is 0 Å². The molecule has 0 aliphatic carbocycles. The van der Waals surface area contributed by atoms with Crippen molar-refractivity contribution in [2.45, 2.75) is 33.2 Å². The Labute approximate surface area is 114 Å². The summed E-state index contributed by atoms with van der Waals surface area (Å²) >= 11 is 0. The third kappa shape index (κ3) is 3.95. The molecule has 100 valence electrons. The summed E-state index contributed by atoms with van der Waals surface area (Å²) < 4.78 is 0. The molecule has 1 aromatic carbocycles. The first-order valence-electron chi connectivity index (χ1n) is 6.59. The van der Waals surface area contributed by atoms with Crippen LogP contribution in [-0.2, 0) is 0 Å². The molecule has 4 heteroatoms. The maximum atomic E-state index is 4.23. The van der Waals surface area contributed by atoms with Gasteiger partial charge in [-0.2, -0.15) is 0 Å². The standard InChI is InChI=1S/C15H20N4/c1-4-12(3)18-14-9-15(17-10-16-14)19-13-7-5-11(2)6-8-13/h5-10,12H,4H2,1-3H3,(H2,16,17,18,19). The highest BCUT2D eigenvalue weighted by molar-refractivity contribution is 5.59. The molecule has 2 aromatic rings. The summed E-state index contributed by atoms with van der Waals surface area (Å²) in [4.78, 5) is 8.45. The second-order valence-corrected chi connectivity index (χ2v) is 4.73. The summed E-state index contributed by atoms with van der Waals surface area (Å²) in [6.45, 7) is 6.35. The van der Waals surface area contributed by atoms with Crippen LogP contribution in [0.15, 0.2) is 36.7 Å². The summed E-state index contributed by atoms with van der Waals surface area (Å²) in [5.41, 5.74) is 2.27. The number of nitrogens with zero attached hydrogens (tertiary/aromatic N) is 2. The molecule has 0 spiro atoms. The fourth-order valence-corrected chi connectivity index (χ4v) is 1.64. The largest absolute Gasteiger partial charge is 0.367 e. The van der Waals surface area contributed by atoms with Crippen molar-refractivity contribution in [3.63, 3.8) is 0 Å². The average molecular weight is 256 g/mol. The SMILES string of the molecule is CCC(C)Nc1cc(Nc2ccc(C)cc2)ncn1. The van der Waals surface area contributed by atoms with Gasteiger partial charge in [-0.3, -0.25) is 0 Å². The van der Waals surface area contributed by atoms with E-state index >= 15 is 0 Å². The smallest absolute Gasteiger partial charge is 0.135 e. The van der Waals surface area contributed by atoms with Crippen LogP contribution in [0.3, 0.4) is 0 Å². The molecule has 1 heterocycles. The van der Waals surface area contributed by atoms with Crippen LogP contribution in [0.5, 0.6) is 0 Å². The fourth-order valence-electron chi connectivity index (χ4n) is 1.64. The van der Waals surface area contributed by atoms with Crippen LogP contribution < -0.4 is 10.6 Å². The molecule has 0 fully saturated rings. The highest BCUT2D eigenvalue weighted by atomic mass is 15.1. The number of rotatable bonds is 5. The summed E-state index contributed by atoms with van der Waals surface area (Å²) in [5.74, 6) is 1.64. The maximum absolute atomic E-state index is 4.23. The first-order valence-corrected chi connectivity index (χ1v) is 6.59. The number of hydrogen-bond acceptors (Lipinski definition) is 4. The molecule has 0 aliphatic heterocycles. The van der Waals surface area contributed by atoms with Crippen molar-refractivity contribution in [2.24, 2.45) is 0 Å². The van der Waals surface area contributed by atoms with Gasteiger partial charge >= 0.3 is 0 Å². The van der Waals surface area contributed by atoms with Gasteiger partial charge in [-0.05, 0) is 32.4 Å². The van der Waals surface area contributed by atoms with Crippen molar-refractivity contribution in [2.75, 3.05) is 10.6 Å². The van der Waals surface area contributed by atoms with Crippen LogP contribution in [-0.4, -0.2) is 16.0 Å². The number of anilines is 3. The lowest BCUT2D eigenvalue weighted by Gasteiger charge is -2.13. The molecule has 1 aromatic heterocycles. The topological polar surface area (TPSA) is 49.8 Å². The number of hydrogen-bond donors (Lipinski definition) is 2. The number of nitrogens with one attached hydrogen (secondary N) is 2. The summed E-state index contributed by atoms with van der Waals surface area (Å²) in [6, 6.07) is 10.6. The molecule has 2 N–H and O–H groups in total. The minimum Gasteiger partial charge on any atom is -0.367 e. The van der Waals surface area contributed by atoms with Gasteiger partial charge in [-0.15, -0.1) is 0 Å². The van der Waals surface area contributed by atoms with E-state index in [4.69, 9.17) is 0 Å². The molecule has 1 unspecified atom stereocenters. The second kappa shape index (κ2) is 6.18. The van der Waals surface area contributed by atoms with Crippen LogP contribution in [0.25, 0.3) is 0 Å². The van der Waals surface area contributed by atoms with Gasteiger partial charge in [0.25, 0.3) is 0 Å². The molecule has 0 radical (unpaired) electrons. The Balaban J connectivity index is 2.08. The monoisotopic (exact) mass is 256 g/mol. The van der Waals surface area contributed by atoms with E-state index in [0.717, 1.165) is 23.7 Å². The molecule has 0 bridgehead atoms. The predicted molar refractivity (Wildman–Crippen MR) is 79.9 cm³/mol. The van der Waals surface area contributed by atoms with Gasteiger partial charge < -0.3 is 10.6 Å². The van der Waals surface area contributed by atoms with Crippen molar-refractivity contribution < 1.29 is 0 Å². The Morgan fingerprint density at radius 3 is 2.47 bits per heavy atom. The molecule has 0 saturated carbocycles. The highest BCUT2D eigenvalue weighted by Gasteiger charge is 2.02. The molecule has 0 aliphatic rings. The Kier molecular flexibility index (Phi) is 4.34. The van der Waals surface area contributed by atoms with E-state index in [9.17, 15) is 0 Å². The zero-order valence-electron chi connectivity index (χ0n) is 11.6. The van der Waals surface area contributed by atoms with E-state index in [2.05, 4.69) is 53.5 Å². The lowest BCUT2D eigenvalue weighted by molar-refractivity contribution is 0.758. The lowest BCUT2D eigenvalue weighted by Crippen LogP contribution is -2.14. The van der Waals surface area contributed by atoms with E-state index < -0.39 is 0 Å². The van der Waals surface area contributed by atoms with E-state index in [1.165, 1.54) is 5.56 Å². The molecule has 2 rings (SSSR count). The normalized spacial score (nSPS) is 11.9. The molecule has 19 heavy (non-hydrogen) atoms. The van der Waals surface area contributed by atoms with Crippen molar-refractivity contribution in [3.8, 4) is 0 Å². The van der Waals surface area contributed by atoms with E-state index in [-0.39, 0.29) is 0 Å². The van der Waals surface area contributed by atoms with Gasteiger partial charge in [-0.25, -0.2) is 9.97 Å². The highest BCUT2D eigenvalue weighted by Crippen LogP contribution is 2.17. The predicted octanol–water partition coefficient (Wildman–Crippen LogP) is 3.74. The van der Waals surface area contributed by atoms with Crippen molar-refractivity contribution in [1.29, 1.82) is 0 Å². The van der Waals surface area contributed by atoms with Crippen LogP contribution in [0, 0.1) is 6.92 Å². The van der Waals surface area contributed by atoms with Crippen LogP contribution in [0.1, 0.15) is 25.8 Å². The van der Waals surface area contributed by atoms with Crippen molar-refractivity contribution in [1.82, 2.24) is 9.97 Å². The van der Waals surface area contributed by atoms with Crippen LogP contribution in [0.2, 0.25) is 0 Å². The summed E-state index contributed by atoms with van der Waals surface area (Å²) in [5, 5.41) is 6.61. The van der Waals surface area contributed by atoms with E-state index in [1.807, 2.05) is 18.2 Å². The number of aryl methyl sites for hydroxylation is 1. The first kappa shape index (κ1) is 13.3. The van der Waals surface area contributed by atoms with Crippen molar-refractivity contribution >= 4 is 17.3 Å². The molecule has 4 nitrogen and oxygen atoms in total. The fraction of sp³-hybridized carbons (Fsp3) is 0.333. The molecule has 1 atom stereocenters. The van der Waals surface area contributed by atoms with Gasteiger partial charge in [-0.1, -0.05) is 24.6 Å². The third-order valence-electron chi connectivity index (χ3n) is 3.00. The van der Waals surface area contributed by atoms with Gasteiger partial charge in [0.05, 0.1) is 0 Å². The molecular weight excluding hydrogens is 236 g/mol. The van der Waals surface area contributed by atoms with E-state index in [0.29, 0.717) is 6.04 Å². The van der Waals surface area contributed by atoms with Gasteiger partial charge in [0.2, 0.25) is 0 Å². The average Bonchev–Trinajstić information content (AvgIpc) is 2.42. The van der Waals surface area contributed by atoms with Crippen LogP contribution in [0.4, 0.5) is 17.3 Å². The molecule has 0 saturated heterocycles. The molecular formula is C15H20N4. The Morgan fingerprint density at radius 2 is 1.79 bits per heavy atom. The zero-order valence-corrected chi connectivity index (χ0v) is 11.6. The number of benzene rings is 1. The van der Waals surface area contributed by atoms with Gasteiger partial charge in [0, 0.05) is 17.8 Å². The summed E-state index contributed by atoms with van der Waals surface area (Å²) in [6.07, 6.45) is 2.63. The Hall–Kier alpha value is -2.10. The summed E-state index contributed by atoms with van der Waals surface area (Å²) in [7, 11) is 0. The number of aromatic nitrogens is 2. The zero-order chi connectivity index (χ0) is 13.7. The van der Waals surface area contributed by atoms with Gasteiger partial charge in [0.1, 0.15) is 18.0 Å². The minimum absolute atomic E-state index is 0.405. The maximum Gasteiger partial charge on any atom is 0.135 e. The quantitative estimate of drug-likeness (QED) is 0.855.